The van der Waals surface area contributed by atoms with Gasteiger partial charge in [0.2, 0.25) is 0 Å². The monoisotopic (exact) mass is 711 g/mol. The molecule has 10 rings (SSSR count). The van der Waals surface area contributed by atoms with Crippen molar-refractivity contribution < 1.29 is 4.42 Å². The Kier molecular flexibility index (Phi) is 8.27. The predicted octanol–water partition coefficient (Wildman–Crippen LogP) is 14.9. The molecule has 0 fully saturated rings. The molecule has 258 valence electrons. The van der Waals surface area contributed by atoms with Gasteiger partial charge in [0.05, 0.1) is 11.1 Å². The second kappa shape index (κ2) is 13.9. The fourth-order valence-electron chi connectivity index (χ4n) is 8.11. The Morgan fingerprint density at radius 1 is 0.463 bits per heavy atom. The van der Waals surface area contributed by atoms with Crippen molar-refractivity contribution in [3.63, 3.8) is 0 Å². The maximum atomic E-state index is 6.48. The molecule has 0 bridgehead atoms. The summed E-state index contributed by atoms with van der Waals surface area (Å²) in [7, 11) is 0. The maximum Gasteiger partial charge on any atom is 0.137 e. The molecule has 0 radical (unpaired) electrons. The molecule has 0 saturated heterocycles. The zero-order valence-electron chi connectivity index (χ0n) is 29.7. The van der Waals surface area contributed by atoms with Gasteiger partial charge >= 0.3 is 0 Å². The van der Waals surface area contributed by atoms with Crippen molar-refractivity contribution in [1.82, 2.24) is 0 Å². The lowest BCUT2D eigenvalue weighted by molar-refractivity contribution is 0.669. The largest absolute Gasteiger partial charge is 0.456 e. The van der Waals surface area contributed by atoms with Crippen molar-refractivity contribution in [2.75, 3.05) is 4.90 Å². The smallest absolute Gasteiger partial charge is 0.137 e. The summed E-state index contributed by atoms with van der Waals surface area (Å²) in [5.74, 6) is 0.295. The number of aryl methyl sites for hydroxylation is 1. The standard InChI is InChI=1S/C51H37NOS/c1-4-13-37(14-5-1)42(30-23-35-24-31-44-43-19-10-11-22-49(43)54-50(44)33-35)38-27-25-36(26-28-38)39-29-32-47-45(34-39)51-46(20-12-21-48(51)53-47)52(40-15-6-2-7-16-40)41-17-8-3-9-18-41/h1-22,24-29,31-34,42H,23,30H2. The van der Waals surface area contributed by atoms with E-state index in [0.29, 0.717) is 5.92 Å². The Morgan fingerprint density at radius 3 is 1.87 bits per heavy atom. The molecule has 1 unspecified atom stereocenters. The van der Waals surface area contributed by atoms with Crippen LogP contribution in [0, 0.1) is 0 Å². The minimum atomic E-state index is 0.295. The van der Waals surface area contributed by atoms with Gasteiger partial charge in [-0.2, -0.15) is 0 Å². The average Bonchev–Trinajstić information content (AvgIpc) is 3.80. The zero-order valence-corrected chi connectivity index (χ0v) is 30.5. The van der Waals surface area contributed by atoms with E-state index in [4.69, 9.17) is 4.42 Å². The van der Waals surface area contributed by atoms with E-state index in [2.05, 4.69) is 199 Å². The Balaban J connectivity index is 0.990. The minimum Gasteiger partial charge on any atom is -0.456 e. The lowest BCUT2D eigenvalue weighted by Gasteiger charge is -2.26. The molecule has 0 aliphatic carbocycles. The fraction of sp³-hybridized carbons (Fsp3) is 0.0588. The SMILES string of the molecule is c1ccc(C(CCc2ccc3c(c2)sc2ccccc23)c2ccc(-c3ccc4oc5cccc(N(c6ccccc6)c6ccccc6)c5c4c3)cc2)cc1. The number of rotatable bonds is 9. The highest BCUT2D eigenvalue weighted by Gasteiger charge is 2.20. The molecule has 10 aromatic rings. The van der Waals surface area contributed by atoms with Gasteiger partial charge in [0, 0.05) is 42.9 Å². The molecule has 8 aromatic carbocycles. The van der Waals surface area contributed by atoms with Crippen molar-refractivity contribution in [2.45, 2.75) is 18.8 Å². The summed E-state index contributed by atoms with van der Waals surface area (Å²) in [6.45, 7) is 0. The molecule has 0 aliphatic heterocycles. The average molecular weight is 712 g/mol. The normalized spacial score (nSPS) is 12.1. The van der Waals surface area contributed by atoms with Crippen LogP contribution in [0.3, 0.4) is 0 Å². The Bertz CT molecular complexity index is 2830. The fourth-order valence-corrected chi connectivity index (χ4v) is 9.28. The maximum absolute atomic E-state index is 6.48. The summed E-state index contributed by atoms with van der Waals surface area (Å²) in [6.07, 6.45) is 2.05. The first-order valence-corrected chi connectivity index (χ1v) is 19.5. The molecule has 2 heterocycles. The van der Waals surface area contributed by atoms with Crippen molar-refractivity contribution in [2.24, 2.45) is 0 Å². The highest BCUT2D eigenvalue weighted by Crippen LogP contribution is 2.44. The van der Waals surface area contributed by atoms with Crippen molar-refractivity contribution >= 4 is 70.5 Å². The van der Waals surface area contributed by atoms with Gasteiger partial charge in [-0.3, -0.25) is 0 Å². The molecule has 2 aromatic heterocycles. The van der Waals surface area contributed by atoms with Gasteiger partial charge in [-0.1, -0.05) is 133 Å². The molecule has 3 heteroatoms. The van der Waals surface area contributed by atoms with E-state index in [-0.39, 0.29) is 0 Å². The first-order chi connectivity index (χ1) is 26.8. The molecular weight excluding hydrogens is 675 g/mol. The van der Waals surface area contributed by atoms with Crippen molar-refractivity contribution in [3.05, 3.63) is 211 Å². The molecule has 0 aliphatic rings. The van der Waals surface area contributed by atoms with E-state index < -0.39 is 0 Å². The summed E-state index contributed by atoms with van der Waals surface area (Å²) >= 11 is 1.90. The summed E-state index contributed by atoms with van der Waals surface area (Å²) in [5.41, 5.74) is 11.5. The van der Waals surface area contributed by atoms with Crippen LogP contribution < -0.4 is 4.90 Å². The number of thiophene rings is 1. The summed E-state index contributed by atoms with van der Waals surface area (Å²) < 4.78 is 9.21. The number of anilines is 3. The number of benzene rings is 8. The number of hydrogen-bond donors (Lipinski definition) is 0. The molecular formula is C51H37NOS. The van der Waals surface area contributed by atoms with Crippen LogP contribution in [-0.2, 0) is 6.42 Å². The molecule has 0 amide bonds. The summed E-state index contributed by atoms with van der Waals surface area (Å²) in [4.78, 5) is 2.32. The first-order valence-electron chi connectivity index (χ1n) is 18.7. The van der Waals surface area contributed by atoms with Crippen LogP contribution >= 0.6 is 11.3 Å². The van der Waals surface area contributed by atoms with E-state index >= 15 is 0 Å². The lowest BCUT2D eigenvalue weighted by atomic mass is 9.85. The second-order valence-corrected chi connectivity index (χ2v) is 15.1. The predicted molar refractivity (Wildman–Crippen MR) is 230 cm³/mol. The van der Waals surface area contributed by atoms with Crippen LogP contribution in [0.15, 0.2) is 199 Å². The van der Waals surface area contributed by atoms with Crippen LogP contribution in [0.1, 0.15) is 29.0 Å². The molecule has 54 heavy (non-hydrogen) atoms. The van der Waals surface area contributed by atoms with Crippen molar-refractivity contribution in [3.8, 4) is 11.1 Å². The van der Waals surface area contributed by atoms with Gasteiger partial charge < -0.3 is 9.32 Å². The molecule has 2 nitrogen and oxygen atoms in total. The topological polar surface area (TPSA) is 16.4 Å². The van der Waals surface area contributed by atoms with E-state index in [1.165, 1.54) is 48.0 Å². The van der Waals surface area contributed by atoms with E-state index in [0.717, 1.165) is 51.8 Å². The van der Waals surface area contributed by atoms with Gasteiger partial charge in [-0.15, -0.1) is 11.3 Å². The van der Waals surface area contributed by atoms with E-state index in [9.17, 15) is 0 Å². The quantitative estimate of drug-likeness (QED) is 0.148. The summed E-state index contributed by atoms with van der Waals surface area (Å²) in [6, 6.07) is 70.1. The van der Waals surface area contributed by atoms with Gasteiger partial charge in [0.25, 0.3) is 0 Å². The van der Waals surface area contributed by atoms with Gasteiger partial charge in [0.15, 0.2) is 0 Å². The number of furan rings is 1. The number of fused-ring (bicyclic) bond motifs is 6. The number of nitrogens with zero attached hydrogens (tertiary/aromatic N) is 1. The Morgan fingerprint density at radius 2 is 1.11 bits per heavy atom. The van der Waals surface area contributed by atoms with Crippen LogP contribution in [0.4, 0.5) is 17.1 Å². The third kappa shape index (κ3) is 5.93. The molecule has 1 atom stereocenters. The summed E-state index contributed by atoms with van der Waals surface area (Å²) in [5, 5.41) is 4.93. The molecule has 0 N–H and O–H groups in total. The van der Waals surface area contributed by atoms with Crippen LogP contribution in [0.5, 0.6) is 0 Å². The van der Waals surface area contributed by atoms with Crippen LogP contribution in [0.2, 0.25) is 0 Å². The third-order valence-corrected chi connectivity index (χ3v) is 11.9. The van der Waals surface area contributed by atoms with Crippen LogP contribution in [-0.4, -0.2) is 0 Å². The lowest BCUT2D eigenvalue weighted by Crippen LogP contribution is -2.09. The second-order valence-electron chi connectivity index (χ2n) is 14.0. The van der Waals surface area contributed by atoms with Crippen molar-refractivity contribution in [1.29, 1.82) is 0 Å². The zero-order chi connectivity index (χ0) is 35.8. The molecule has 0 saturated carbocycles. The van der Waals surface area contributed by atoms with Gasteiger partial charge in [-0.05, 0) is 101 Å². The molecule has 0 spiro atoms. The highest BCUT2D eigenvalue weighted by atomic mass is 32.1. The highest BCUT2D eigenvalue weighted by molar-refractivity contribution is 7.25. The van der Waals surface area contributed by atoms with E-state index in [1.807, 2.05) is 11.3 Å². The van der Waals surface area contributed by atoms with Crippen LogP contribution in [0.25, 0.3) is 53.2 Å². The first kappa shape index (κ1) is 32.2. The number of para-hydroxylation sites is 2. The Labute approximate surface area is 319 Å². The van der Waals surface area contributed by atoms with Gasteiger partial charge in [-0.25, -0.2) is 0 Å². The third-order valence-electron chi connectivity index (χ3n) is 10.8. The van der Waals surface area contributed by atoms with E-state index in [1.54, 1.807) is 0 Å². The number of hydrogen-bond acceptors (Lipinski definition) is 3. The minimum absolute atomic E-state index is 0.295. The Hall–Kier alpha value is -6.42. The van der Waals surface area contributed by atoms with Gasteiger partial charge in [0.1, 0.15) is 11.2 Å².